The van der Waals surface area contributed by atoms with Crippen molar-refractivity contribution in [2.45, 2.75) is 19.3 Å². The highest BCUT2D eigenvalue weighted by atomic mass is 16.3. The average Bonchev–Trinajstić information content (AvgIpc) is 3.28. The number of para-hydroxylation sites is 3. The minimum Gasteiger partial charge on any atom is -0.456 e. The van der Waals surface area contributed by atoms with Crippen molar-refractivity contribution >= 4 is 39.0 Å². The fraction of sp³-hybridized carbons (Fsp3) is 0.0909. The van der Waals surface area contributed by atoms with Crippen molar-refractivity contribution in [3.05, 3.63) is 126 Å². The van der Waals surface area contributed by atoms with Crippen LogP contribution in [-0.4, -0.2) is 0 Å². The monoisotopic (exact) mass is 451 g/mol. The van der Waals surface area contributed by atoms with E-state index in [-0.39, 0.29) is 5.41 Å². The summed E-state index contributed by atoms with van der Waals surface area (Å²) in [5, 5.41) is 2.32. The van der Waals surface area contributed by atoms with Crippen molar-refractivity contribution in [1.29, 1.82) is 0 Å². The fourth-order valence-electron chi connectivity index (χ4n) is 5.78. The van der Waals surface area contributed by atoms with Gasteiger partial charge in [-0.15, -0.1) is 0 Å². The molecule has 0 spiro atoms. The van der Waals surface area contributed by atoms with Gasteiger partial charge >= 0.3 is 0 Å². The molecule has 35 heavy (non-hydrogen) atoms. The minimum absolute atomic E-state index is 0.0669. The van der Waals surface area contributed by atoms with E-state index in [0.29, 0.717) is 0 Å². The van der Waals surface area contributed by atoms with Gasteiger partial charge in [0.25, 0.3) is 0 Å². The molecule has 0 N–H and O–H groups in total. The zero-order chi connectivity index (χ0) is 23.6. The van der Waals surface area contributed by atoms with Gasteiger partial charge in [0.1, 0.15) is 11.2 Å². The predicted octanol–water partition coefficient (Wildman–Crippen LogP) is 9.36. The van der Waals surface area contributed by atoms with E-state index in [1.54, 1.807) is 0 Å². The summed E-state index contributed by atoms with van der Waals surface area (Å²) in [5.41, 5.74) is 10.5. The summed E-state index contributed by atoms with van der Waals surface area (Å²) in [6.45, 7) is 4.65. The van der Waals surface area contributed by atoms with Gasteiger partial charge < -0.3 is 9.32 Å². The van der Waals surface area contributed by atoms with E-state index < -0.39 is 0 Å². The van der Waals surface area contributed by atoms with Crippen LogP contribution in [0.4, 0.5) is 17.1 Å². The molecule has 5 aromatic carbocycles. The molecule has 0 fully saturated rings. The first-order valence-corrected chi connectivity index (χ1v) is 12.1. The molecule has 0 radical (unpaired) electrons. The number of furan rings is 1. The SMILES string of the molecule is CC1(C)c2ccccc2N(c2cccc(-c3cccc4oc5ccccc5c34)c2)c2ccccc21. The Morgan fingerprint density at radius 2 is 1.23 bits per heavy atom. The van der Waals surface area contributed by atoms with E-state index >= 15 is 0 Å². The van der Waals surface area contributed by atoms with Gasteiger partial charge in [-0.3, -0.25) is 0 Å². The summed E-state index contributed by atoms with van der Waals surface area (Å²) in [6, 6.07) is 41.1. The van der Waals surface area contributed by atoms with E-state index in [2.05, 4.69) is 122 Å². The topological polar surface area (TPSA) is 16.4 Å². The lowest BCUT2D eigenvalue weighted by atomic mass is 9.73. The van der Waals surface area contributed by atoms with Crippen molar-refractivity contribution in [2.75, 3.05) is 4.90 Å². The first-order valence-electron chi connectivity index (χ1n) is 12.1. The Morgan fingerprint density at radius 1 is 0.600 bits per heavy atom. The summed E-state index contributed by atoms with van der Waals surface area (Å²) in [5.74, 6) is 0. The maximum absolute atomic E-state index is 6.17. The van der Waals surface area contributed by atoms with E-state index in [1.165, 1.54) is 39.0 Å². The lowest BCUT2D eigenvalue weighted by Crippen LogP contribution is -2.30. The zero-order valence-electron chi connectivity index (χ0n) is 19.8. The van der Waals surface area contributed by atoms with Gasteiger partial charge in [0.2, 0.25) is 0 Å². The van der Waals surface area contributed by atoms with Crippen LogP contribution in [0.1, 0.15) is 25.0 Å². The highest BCUT2D eigenvalue weighted by molar-refractivity contribution is 6.12. The largest absolute Gasteiger partial charge is 0.456 e. The van der Waals surface area contributed by atoms with Crippen LogP contribution >= 0.6 is 0 Å². The van der Waals surface area contributed by atoms with Crippen LogP contribution in [0.15, 0.2) is 120 Å². The maximum Gasteiger partial charge on any atom is 0.136 e. The molecule has 0 bridgehead atoms. The number of rotatable bonds is 2. The molecule has 6 aromatic rings. The molecule has 7 rings (SSSR count). The summed E-state index contributed by atoms with van der Waals surface area (Å²) in [4.78, 5) is 2.41. The molecule has 1 aromatic heterocycles. The minimum atomic E-state index is -0.0669. The normalized spacial score (nSPS) is 14.2. The fourth-order valence-corrected chi connectivity index (χ4v) is 5.78. The lowest BCUT2D eigenvalue weighted by Gasteiger charge is -2.42. The summed E-state index contributed by atoms with van der Waals surface area (Å²) >= 11 is 0. The molecule has 0 unspecified atom stereocenters. The number of fused-ring (bicyclic) bond motifs is 5. The second-order valence-electron chi connectivity index (χ2n) is 9.82. The van der Waals surface area contributed by atoms with Crippen molar-refractivity contribution in [3.63, 3.8) is 0 Å². The quantitative estimate of drug-likeness (QED) is 0.261. The molecule has 1 aliphatic rings. The Morgan fingerprint density at radius 3 is 2.00 bits per heavy atom. The zero-order valence-corrected chi connectivity index (χ0v) is 19.8. The first-order chi connectivity index (χ1) is 17.1. The number of anilines is 3. The van der Waals surface area contributed by atoms with Crippen LogP contribution in [0.5, 0.6) is 0 Å². The second kappa shape index (κ2) is 7.35. The van der Waals surface area contributed by atoms with Gasteiger partial charge in [0.15, 0.2) is 0 Å². The van der Waals surface area contributed by atoms with Crippen LogP contribution in [0, 0.1) is 0 Å². The van der Waals surface area contributed by atoms with Crippen molar-refractivity contribution in [2.24, 2.45) is 0 Å². The van der Waals surface area contributed by atoms with E-state index in [9.17, 15) is 0 Å². The number of benzene rings is 5. The highest BCUT2D eigenvalue weighted by Crippen LogP contribution is 2.52. The van der Waals surface area contributed by atoms with Gasteiger partial charge in [-0.2, -0.15) is 0 Å². The third-order valence-electron chi connectivity index (χ3n) is 7.45. The van der Waals surface area contributed by atoms with Crippen molar-refractivity contribution in [1.82, 2.24) is 0 Å². The Balaban J connectivity index is 1.46. The van der Waals surface area contributed by atoms with Crippen molar-refractivity contribution < 1.29 is 4.42 Å². The number of hydrogen-bond donors (Lipinski definition) is 0. The molecule has 1 aliphatic heterocycles. The molecular formula is C33H25NO. The van der Waals surface area contributed by atoms with Crippen LogP contribution in [0.2, 0.25) is 0 Å². The maximum atomic E-state index is 6.17. The Hall–Kier alpha value is -4.30. The van der Waals surface area contributed by atoms with Crippen LogP contribution < -0.4 is 4.90 Å². The molecule has 0 saturated carbocycles. The van der Waals surface area contributed by atoms with Gasteiger partial charge in [-0.25, -0.2) is 0 Å². The van der Waals surface area contributed by atoms with Gasteiger partial charge in [0.05, 0.1) is 11.4 Å². The van der Waals surface area contributed by atoms with E-state index in [4.69, 9.17) is 4.42 Å². The smallest absolute Gasteiger partial charge is 0.136 e. The first kappa shape index (κ1) is 20.1. The molecule has 168 valence electrons. The molecule has 2 nitrogen and oxygen atoms in total. The molecule has 2 heterocycles. The summed E-state index contributed by atoms with van der Waals surface area (Å²) in [7, 11) is 0. The Kier molecular flexibility index (Phi) is 4.22. The van der Waals surface area contributed by atoms with Gasteiger partial charge in [0, 0.05) is 21.9 Å². The summed E-state index contributed by atoms with van der Waals surface area (Å²) < 4.78 is 6.17. The van der Waals surface area contributed by atoms with E-state index in [0.717, 1.165) is 22.2 Å². The number of nitrogens with zero attached hydrogens (tertiary/aromatic N) is 1. The third kappa shape index (κ3) is 2.90. The predicted molar refractivity (Wildman–Crippen MR) is 146 cm³/mol. The van der Waals surface area contributed by atoms with Gasteiger partial charge in [-0.05, 0) is 58.7 Å². The lowest BCUT2D eigenvalue weighted by molar-refractivity contribution is 0.632. The van der Waals surface area contributed by atoms with Crippen LogP contribution in [-0.2, 0) is 5.41 Å². The second-order valence-corrected chi connectivity index (χ2v) is 9.82. The molecular weight excluding hydrogens is 426 g/mol. The van der Waals surface area contributed by atoms with Crippen LogP contribution in [0.25, 0.3) is 33.1 Å². The Labute approximate surface area is 205 Å². The third-order valence-corrected chi connectivity index (χ3v) is 7.45. The average molecular weight is 452 g/mol. The molecule has 2 heteroatoms. The number of hydrogen-bond acceptors (Lipinski definition) is 2. The van der Waals surface area contributed by atoms with Crippen molar-refractivity contribution in [3.8, 4) is 11.1 Å². The van der Waals surface area contributed by atoms with Crippen LogP contribution in [0.3, 0.4) is 0 Å². The molecule has 0 amide bonds. The summed E-state index contributed by atoms with van der Waals surface area (Å²) in [6.07, 6.45) is 0. The van der Waals surface area contributed by atoms with Gasteiger partial charge in [-0.1, -0.05) is 92.7 Å². The highest BCUT2D eigenvalue weighted by Gasteiger charge is 2.36. The molecule has 0 saturated heterocycles. The Bertz CT molecular complexity index is 1690. The van der Waals surface area contributed by atoms with E-state index in [1.807, 2.05) is 12.1 Å². The standard InChI is InChI=1S/C33H25NO/c1-33(2)26-15-4-6-17-28(26)34(29-18-7-5-16-27(29)33)23-12-9-11-22(21-23)24-14-10-20-31-32(24)25-13-3-8-19-30(25)35-31/h3-21H,1-2H3. The molecule has 0 atom stereocenters. The molecule has 0 aliphatic carbocycles.